The standard InChI is InChI=1S/C20H26ClNO4/c21-17-13-15(14-18-20(17)26-12-11-25-18)7-8-19(23)22-9-4-10-24-16-5-2-1-3-6-16/h7-8,13-14,16H,1-6,9-12H2,(H,22,23)/b8-7+. The second-order valence-electron chi connectivity index (χ2n) is 6.64. The van der Waals surface area contributed by atoms with Gasteiger partial charge in [0.15, 0.2) is 11.5 Å². The maximum atomic E-state index is 11.9. The van der Waals surface area contributed by atoms with Gasteiger partial charge >= 0.3 is 0 Å². The molecule has 1 aromatic carbocycles. The summed E-state index contributed by atoms with van der Waals surface area (Å²) in [7, 11) is 0. The monoisotopic (exact) mass is 379 g/mol. The molecule has 0 spiro atoms. The molecule has 1 heterocycles. The molecule has 1 fully saturated rings. The van der Waals surface area contributed by atoms with Crippen LogP contribution in [0.4, 0.5) is 0 Å². The maximum Gasteiger partial charge on any atom is 0.244 e. The molecule has 0 saturated heterocycles. The average molecular weight is 380 g/mol. The molecule has 1 N–H and O–H groups in total. The van der Waals surface area contributed by atoms with E-state index >= 15 is 0 Å². The summed E-state index contributed by atoms with van der Waals surface area (Å²) >= 11 is 6.19. The van der Waals surface area contributed by atoms with E-state index in [2.05, 4.69) is 5.32 Å². The van der Waals surface area contributed by atoms with Crippen LogP contribution >= 0.6 is 11.6 Å². The number of amides is 1. The van der Waals surface area contributed by atoms with E-state index in [1.54, 1.807) is 12.1 Å². The number of carbonyl (C=O) groups is 1. The summed E-state index contributed by atoms with van der Waals surface area (Å²) in [5.41, 5.74) is 0.801. The first-order valence-corrected chi connectivity index (χ1v) is 9.77. The minimum Gasteiger partial charge on any atom is -0.486 e. The number of hydrogen-bond donors (Lipinski definition) is 1. The number of hydrogen-bond acceptors (Lipinski definition) is 4. The number of carbonyl (C=O) groups excluding carboxylic acids is 1. The predicted octanol–water partition coefficient (Wildman–Crippen LogP) is 3.98. The van der Waals surface area contributed by atoms with Crippen LogP contribution in [0, 0.1) is 0 Å². The van der Waals surface area contributed by atoms with Crippen molar-refractivity contribution in [2.24, 2.45) is 0 Å². The molecule has 1 aliphatic heterocycles. The predicted molar refractivity (Wildman–Crippen MR) is 102 cm³/mol. The highest BCUT2D eigenvalue weighted by Gasteiger charge is 2.16. The second-order valence-corrected chi connectivity index (χ2v) is 7.04. The van der Waals surface area contributed by atoms with Gasteiger partial charge in [-0.25, -0.2) is 0 Å². The third-order valence-corrected chi connectivity index (χ3v) is 4.85. The van der Waals surface area contributed by atoms with Gasteiger partial charge in [-0.15, -0.1) is 0 Å². The number of halogens is 1. The van der Waals surface area contributed by atoms with Crippen molar-refractivity contribution < 1.29 is 19.0 Å². The lowest BCUT2D eigenvalue weighted by Crippen LogP contribution is -2.24. The zero-order chi connectivity index (χ0) is 18.2. The van der Waals surface area contributed by atoms with Gasteiger partial charge in [-0.05, 0) is 43.0 Å². The Labute approximate surface area is 159 Å². The lowest BCUT2D eigenvalue weighted by atomic mass is 9.98. The molecule has 2 aliphatic rings. The topological polar surface area (TPSA) is 56.8 Å². The van der Waals surface area contributed by atoms with Crippen molar-refractivity contribution in [1.29, 1.82) is 0 Å². The molecule has 1 aliphatic carbocycles. The van der Waals surface area contributed by atoms with Crippen LogP contribution in [0.3, 0.4) is 0 Å². The van der Waals surface area contributed by atoms with Gasteiger partial charge in [-0.2, -0.15) is 0 Å². The van der Waals surface area contributed by atoms with Gasteiger partial charge in [0.05, 0.1) is 11.1 Å². The Balaban J connectivity index is 1.38. The maximum absolute atomic E-state index is 11.9. The smallest absolute Gasteiger partial charge is 0.244 e. The van der Waals surface area contributed by atoms with Gasteiger partial charge in [-0.1, -0.05) is 30.9 Å². The van der Waals surface area contributed by atoms with Crippen molar-refractivity contribution in [2.75, 3.05) is 26.4 Å². The zero-order valence-corrected chi connectivity index (χ0v) is 15.7. The zero-order valence-electron chi connectivity index (χ0n) is 15.0. The fourth-order valence-electron chi connectivity index (χ4n) is 3.22. The van der Waals surface area contributed by atoms with Crippen molar-refractivity contribution in [3.8, 4) is 11.5 Å². The number of benzene rings is 1. The molecule has 1 amide bonds. The summed E-state index contributed by atoms with van der Waals surface area (Å²) in [4.78, 5) is 11.9. The van der Waals surface area contributed by atoms with Crippen LogP contribution in [0.1, 0.15) is 44.1 Å². The summed E-state index contributed by atoms with van der Waals surface area (Å²) in [5.74, 6) is 1.05. The summed E-state index contributed by atoms with van der Waals surface area (Å²) in [6, 6.07) is 3.58. The fraction of sp³-hybridized carbons (Fsp3) is 0.550. The molecule has 1 aromatic rings. The van der Waals surface area contributed by atoms with Gasteiger partial charge in [0.25, 0.3) is 0 Å². The number of rotatable bonds is 7. The van der Waals surface area contributed by atoms with E-state index in [1.165, 1.54) is 38.2 Å². The minimum absolute atomic E-state index is 0.131. The highest BCUT2D eigenvalue weighted by molar-refractivity contribution is 6.32. The first-order valence-electron chi connectivity index (χ1n) is 9.39. The number of fused-ring (bicyclic) bond motifs is 1. The Morgan fingerprint density at radius 2 is 2.04 bits per heavy atom. The lowest BCUT2D eigenvalue weighted by molar-refractivity contribution is -0.116. The van der Waals surface area contributed by atoms with E-state index < -0.39 is 0 Å². The highest BCUT2D eigenvalue weighted by atomic mass is 35.5. The molecule has 0 unspecified atom stereocenters. The van der Waals surface area contributed by atoms with E-state index in [0.29, 0.717) is 49.0 Å². The molecule has 26 heavy (non-hydrogen) atoms. The summed E-state index contributed by atoms with van der Waals surface area (Å²) in [6.45, 7) is 2.30. The van der Waals surface area contributed by atoms with Crippen LogP contribution < -0.4 is 14.8 Å². The third-order valence-electron chi connectivity index (χ3n) is 4.57. The second kappa shape index (κ2) is 9.83. The van der Waals surface area contributed by atoms with Gasteiger partial charge < -0.3 is 19.5 Å². The van der Waals surface area contributed by atoms with Gasteiger partial charge in [0.2, 0.25) is 5.91 Å². The normalized spacial score (nSPS) is 17.4. The van der Waals surface area contributed by atoms with E-state index in [1.807, 2.05) is 6.07 Å². The largest absolute Gasteiger partial charge is 0.486 e. The highest BCUT2D eigenvalue weighted by Crippen LogP contribution is 2.38. The van der Waals surface area contributed by atoms with Crippen LogP contribution in [-0.4, -0.2) is 38.4 Å². The molecule has 6 heteroatoms. The quantitative estimate of drug-likeness (QED) is 0.575. The first kappa shape index (κ1) is 19.1. The van der Waals surface area contributed by atoms with Gasteiger partial charge in [-0.3, -0.25) is 4.79 Å². The van der Waals surface area contributed by atoms with Crippen molar-refractivity contribution >= 4 is 23.6 Å². The van der Waals surface area contributed by atoms with E-state index in [-0.39, 0.29) is 5.91 Å². The lowest BCUT2D eigenvalue weighted by Gasteiger charge is -2.21. The van der Waals surface area contributed by atoms with Gasteiger partial charge in [0, 0.05) is 19.2 Å². The average Bonchev–Trinajstić information content (AvgIpc) is 2.67. The van der Waals surface area contributed by atoms with Crippen molar-refractivity contribution in [3.63, 3.8) is 0 Å². The van der Waals surface area contributed by atoms with Crippen LogP contribution in [0.5, 0.6) is 11.5 Å². The Morgan fingerprint density at radius 1 is 1.23 bits per heavy atom. The molecule has 0 atom stereocenters. The minimum atomic E-state index is -0.131. The third kappa shape index (κ3) is 5.64. The fourth-order valence-corrected chi connectivity index (χ4v) is 3.50. The van der Waals surface area contributed by atoms with Crippen molar-refractivity contribution in [1.82, 2.24) is 5.32 Å². The summed E-state index contributed by atoms with van der Waals surface area (Å²) in [6.07, 6.45) is 10.7. The summed E-state index contributed by atoms with van der Waals surface area (Å²) in [5, 5.41) is 3.36. The number of ether oxygens (including phenoxy) is 3. The molecule has 1 saturated carbocycles. The molecular formula is C20H26ClNO4. The van der Waals surface area contributed by atoms with Crippen LogP contribution in [0.2, 0.25) is 5.02 Å². The molecule has 0 radical (unpaired) electrons. The summed E-state index contributed by atoms with van der Waals surface area (Å²) < 4.78 is 16.9. The van der Waals surface area contributed by atoms with Gasteiger partial charge in [0.1, 0.15) is 13.2 Å². The Bertz CT molecular complexity index is 641. The molecule has 5 nitrogen and oxygen atoms in total. The van der Waals surface area contributed by atoms with Crippen molar-refractivity contribution in [3.05, 3.63) is 28.8 Å². The van der Waals surface area contributed by atoms with E-state index in [4.69, 9.17) is 25.8 Å². The first-order chi connectivity index (χ1) is 12.7. The van der Waals surface area contributed by atoms with Crippen LogP contribution in [0.25, 0.3) is 6.08 Å². The molecule has 0 aromatic heterocycles. The molecular weight excluding hydrogens is 354 g/mol. The Morgan fingerprint density at radius 3 is 2.88 bits per heavy atom. The SMILES string of the molecule is O=C(/C=C/c1cc(Cl)c2c(c1)OCCO2)NCCCOC1CCCCC1. The van der Waals surface area contributed by atoms with E-state index in [0.717, 1.165) is 12.0 Å². The molecule has 142 valence electrons. The van der Waals surface area contributed by atoms with Crippen molar-refractivity contribution in [2.45, 2.75) is 44.6 Å². The molecule has 3 rings (SSSR count). The van der Waals surface area contributed by atoms with E-state index in [9.17, 15) is 4.79 Å². The number of nitrogens with one attached hydrogen (secondary N) is 1. The van der Waals surface area contributed by atoms with Crippen LogP contribution in [-0.2, 0) is 9.53 Å². The molecule has 0 bridgehead atoms. The Kier molecular flexibility index (Phi) is 7.21. The Hall–Kier alpha value is -1.72. The van der Waals surface area contributed by atoms with Crippen LogP contribution in [0.15, 0.2) is 18.2 Å².